The second-order valence-electron chi connectivity index (χ2n) is 5.81. The minimum atomic E-state index is 0.117. The van der Waals surface area contributed by atoms with Gasteiger partial charge in [-0.05, 0) is 73.8 Å². The van der Waals surface area contributed by atoms with Crippen LogP contribution < -0.4 is 14.2 Å². The molecular formula is C21H17Br2Cl4NO4. The molecule has 172 valence electrons. The highest BCUT2D eigenvalue weighted by atomic mass is 79.9. The zero-order chi connectivity index (χ0) is 23.3. The summed E-state index contributed by atoms with van der Waals surface area (Å²) in [6.07, 6.45) is 4.90. The van der Waals surface area contributed by atoms with E-state index in [4.69, 9.17) is 65.5 Å². The number of ether oxygens (including phenoxy) is 3. The van der Waals surface area contributed by atoms with E-state index in [2.05, 4.69) is 37.0 Å². The first-order valence-corrected chi connectivity index (χ1v) is 12.1. The van der Waals surface area contributed by atoms with Crippen molar-refractivity contribution >= 4 is 84.5 Å². The Hall–Kier alpha value is -1.09. The maximum Gasteiger partial charge on any atom is 0.156 e. The summed E-state index contributed by atoms with van der Waals surface area (Å²) in [5.74, 6) is 1.50. The molecule has 32 heavy (non-hydrogen) atoms. The molecule has 0 radical (unpaired) electrons. The van der Waals surface area contributed by atoms with Gasteiger partial charge >= 0.3 is 0 Å². The fourth-order valence-electron chi connectivity index (χ4n) is 2.15. The highest BCUT2D eigenvalue weighted by Gasteiger charge is 2.11. The molecule has 0 spiro atoms. The number of halogens is 6. The van der Waals surface area contributed by atoms with Gasteiger partial charge in [-0.15, -0.1) is 0 Å². The van der Waals surface area contributed by atoms with Gasteiger partial charge in [0.1, 0.15) is 42.4 Å². The number of nitrogens with zero attached hydrogens (tertiary/aromatic N) is 1. The molecule has 0 fully saturated rings. The quantitative estimate of drug-likeness (QED) is 0.133. The molecule has 0 aliphatic heterocycles. The summed E-state index contributed by atoms with van der Waals surface area (Å²) in [7, 11) is 0. The molecule has 0 aromatic heterocycles. The molecule has 0 unspecified atom stereocenters. The van der Waals surface area contributed by atoms with E-state index in [1.807, 2.05) is 24.3 Å². The predicted octanol–water partition coefficient (Wildman–Crippen LogP) is 8.13. The lowest BCUT2D eigenvalue weighted by Gasteiger charge is -2.13. The number of hydrogen-bond donors (Lipinski definition) is 0. The van der Waals surface area contributed by atoms with Crippen LogP contribution in [0.1, 0.15) is 5.56 Å². The second-order valence-corrected chi connectivity index (χ2v) is 10.4. The third-order valence-electron chi connectivity index (χ3n) is 3.53. The molecule has 5 nitrogen and oxygen atoms in total. The topological polar surface area (TPSA) is 49.3 Å². The fourth-order valence-corrected chi connectivity index (χ4v) is 3.12. The molecule has 2 aromatic carbocycles. The smallest absolute Gasteiger partial charge is 0.156 e. The van der Waals surface area contributed by atoms with Crippen LogP contribution in [0.5, 0.6) is 17.2 Å². The van der Waals surface area contributed by atoms with Gasteiger partial charge in [0, 0.05) is 12.1 Å². The number of hydrogen-bond acceptors (Lipinski definition) is 5. The highest BCUT2D eigenvalue weighted by Crippen LogP contribution is 2.37. The van der Waals surface area contributed by atoms with Crippen molar-refractivity contribution in [2.75, 3.05) is 26.4 Å². The Morgan fingerprint density at radius 3 is 2.12 bits per heavy atom. The van der Waals surface area contributed by atoms with Crippen molar-refractivity contribution in [3.8, 4) is 17.2 Å². The van der Waals surface area contributed by atoms with Crippen molar-refractivity contribution in [2.45, 2.75) is 0 Å². The summed E-state index contributed by atoms with van der Waals surface area (Å²) in [5, 5.41) is 4.51. The third kappa shape index (κ3) is 10.7. The third-order valence-corrected chi connectivity index (χ3v) is 5.04. The Balaban J connectivity index is 1.77. The van der Waals surface area contributed by atoms with Crippen LogP contribution in [0.2, 0.25) is 10.0 Å². The summed E-state index contributed by atoms with van der Waals surface area (Å²) in [6.45, 7) is 1.09. The number of benzene rings is 2. The van der Waals surface area contributed by atoms with E-state index in [0.29, 0.717) is 40.5 Å². The molecule has 0 N–H and O–H groups in total. The maximum absolute atomic E-state index is 6.24. The molecule has 0 bridgehead atoms. The monoisotopic (exact) mass is 645 g/mol. The van der Waals surface area contributed by atoms with Crippen molar-refractivity contribution < 1.29 is 19.0 Å². The van der Waals surface area contributed by atoms with Gasteiger partial charge in [-0.2, -0.15) is 0 Å². The van der Waals surface area contributed by atoms with Gasteiger partial charge in [0.15, 0.2) is 5.75 Å². The largest absolute Gasteiger partial charge is 0.490 e. The van der Waals surface area contributed by atoms with Crippen LogP contribution in [0.15, 0.2) is 61.6 Å². The Labute approximate surface area is 223 Å². The average Bonchev–Trinajstić information content (AvgIpc) is 2.73. The molecule has 0 saturated carbocycles. The molecule has 0 amide bonds. The number of oxime groups is 1. The lowest BCUT2D eigenvalue weighted by molar-refractivity contribution is 0.176. The molecule has 2 aromatic rings. The fraction of sp³-hybridized carbons (Fsp3) is 0.190. The van der Waals surface area contributed by atoms with Gasteiger partial charge in [-0.1, -0.05) is 51.6 Å². The molecular weight excluding hydrogens is 632 g/mol. The molecule has 0 aliphatic carbocycles. The molecule has 0 aliphatic rings. The lowest BCUT2D eigenvalue weighted by Crippen LogP contribution is -2.09. The van der Waals surface area contributed by atoms with Crippen LogP contribution in [0.25, 0.3) is 0 Å². The van der Waals surface area contributed by atoms with Crippen molar-refractivity contribution in [1.82, 2.24) is 0 Å². The van der Waals surface area contributed by atoms with Crippen LogP contribution in [-0.2, 0) is 4.84 Å². The van der Waals surface area contributed by atoms with Crippen molar-refractivity contribution in [1.29, 1.82) is 0 Å². The van der Waals surface area contributed by atoms with E-state index < -0.39 is 0 Å². The zero-order valence-electron chi connectivity index (χ0n) is 16.4. The summed E-state index contributed by atoms with van der Waals surface area (Å²) in [6, 6.07) is 10.6. The van der Waals surface area contributed by atoms with Crippen LogP contribution in [0, 0.1) is 0 Å². The molecule has 2 rings (SSSR count). The predicted molar refractivity (Wildman–Crippen MR) is 139 cm³/mol. The Kier molecular flexibility index (Phi) is 12.7. The molecule has 0 saturated heterocycles. The standard InChI is InChI=1S/C21H17Br2Cl4NO4/c22-19(23)5-8-32-28-13-14-1-3-15(4-2-14)30-9-10-31-21-17(24)11-16(12-18(21)25)29-7-6-20(26)27/h1-6,11-13H,7-10H2/b28-13+. The SMILES string of the molecule is ClC(Cl)=CCOc1cc(Cl)c(OCCOc2ccc(/C=N/OCC=C(Br)Br)cc2)c(Cl)c1. The number of rotatable bonds is 12. The van der Waals surface area contributed by atoms with Gasteiger partial charge in [-0.3, -0.25) is 0 Å². The zero-order valence-corrected chi connectivity index (χ0v) is 22.6. The Morgan fingerprint density at radius 1 is 0.844 bits per heavy atom. The van der Waals surface area contributed by atoms with Crippen LogP contribution in [0.4, 0.5) is 0 Å². The van der Waals surface area contributed by atoms with E-state index in [0.717, 1.165) is 8.96 Å². The Bertz CT molecular complexity index is 938. The first-order chi connectivity index (χ1) is 15.3. The van der Waals surface area contributed by atoms with Crippen molar-refractivity contribution in [3.63, 3.8) is 0 Å². The summed E-state index contributed by atoms with van der Waals surface area (Å²) < 4.78 is 17.7. The Morgan fingerprint density at radius 2 is 1.50 bits per heavy atom. The van der Waals surface area contributed by atoms with E-state index in [1.54, 1.807) is 24.4 Å². The molecule has 11 heteroatoms. The van der Waals surface area contributed by atoms with Gasteiger partial charge in [0.2, 0.25) is 0 Å². The van der Waals surface area contributed by atoms with Gasteiger partial charge in [0.25, 0.3) is 0 Å². The minimum absolute atomic E-state index is 0.117. The minimum Gasteiger partial charge on any atom is -0.490 e. The van der Waals surface area contributed by atoms with Gasteiger partial charge < -0.3 is 19.0 Å². The van der Waals surface area contributed by atoms with E-state index in [-0.39, 0.29) is 17.7 Å². The van der Waals surface area contributed by atoms with Crippen LogP contribution in [-0.4, -0.2) is 32.6 Å². The van der Waals surface area contributed by atoms with Crippen LogP contribution >= 0.6 is 78.3 Å². The van der Waals surface area contributed by atoms with E-state index in [1.165, 1.54) is 6.08 Å². The summed E-state index contributed by atoms with van der Waals surface area (Å²) in [5.41, 5.74) is 0.875. The van der Waals surface area contributed by atoms with E-state index >= 15 is 0 Å². The molecule has 0 atom stereocenters. The van der Waals surface area contributed by atoms with Crippen LogP contribution in [0.3, 0.4) is 0 Å². The highest BCUT2D eigenvalue weighted by molar-refractivity contribution is 9.28. The normalized spacial score (nSPS) is 10.6. The first-order valence-electron chi connectivity index (χ1n) is 9.00. The van der Waals surface area contributed by atoms with Gasteiger partial charge in [0.05, 0.1) is 19.7 Å². The van der Waals surface area contributed by atoms with E-state index in [9.17, 15) is 0 Å². The molecule has 0 heterocycles. The lowest BCUT2D eigenvalue weighted by atomic mass is 10.2. The van der Waals surface area contributed by atoms with Gasteiger partial charge in [-0.25, -0.2) is 0 Å². The summed E-state index contributed by atoms with van der Waals surface area (Å²) >= 11 is 30.0. The van der Waals surface area contributed by atoms with Crippen molar-refractivity contribution in [2.24, 2.45) is 5.16 Å². The maximum atomic E-state index is 6.24. The summed E-state index contributed by atoms with van der Waals surface area (Å²) in [4.78, 5) is 5.10. The average molecular weight is 649 g/mol. The second kappa shape index (κ2) is 14.9. The first kappa shape index (κ1) is 27.2. The van der Waals surface area contributed by atoms with Crippen molar-refractivity contribution in [3.05, 3.63) is 72.0 Å².